The number of aryl methyl sites for hydroxylation is 1. The number of methoxy groups -OCH3 is 1. The molecule has 0 bridgehead atoms. The van der Waals surface area contributed by atoms with E-state index in [1.807, 2.05) is 24.3 Å². The highest BCUT2D eigenvalue weighted by Crippen LogP contribution is 2.21. The Bertz CT molecular complexity index is 544. The molecule has 0 aromatic heterocycles. The van der Waals surface area contributed by atoms with Gasteiger partial charge in [0.15, 0.2) is 0 Å². The van der Waals surface area contributed by atoms with Crippen LogP contribution in [-0.2, 0) is 20.7 Å². The van der Waals surface area contributed by atoms with Gasteiger partial charge in [-0.1, -0.05) is 18.2 Å². The molecule has 5 heteroatoms. The van der Waals surface area contributed by atoms with Crippen molar-refractivity contribution in [3.05, 3.63) is 29.8 Å². The molecule has 0 aliphatic carbocycles. The Labute approximate surface area is 137 Å². The normalized spacial score (nSPS) is 17.7. The fourth-order valence-electron chi connectivity index (χ4n) is 2.97. The van der Waals surface area contributed by atoms with E-state index in [1.165, 1.54) is 0 Å². The summed E-state index contributed by atoms with van der Waals surface area (Å²) in [5, 5.41) is 0. The van der Waals surface area contributed by atoms with E-state index in [9.17, 15) is 9.59 Å². The predicted octanol–water partition coefficient (Wildman–Crippen LogP) is 2.43. The zero-order valence-electron chi connectivity index (χ0n) is 13.9. The summed E-state index contributed by atoms with van der Waals surface area (Å²) in [6.45, 7) is 3.39. The molecule has 1 fully saturated rings. The van der Waals surface area contributed by atoms with Crippen molar-refractivity contribution in [3.8, 4) is 5.75 Å². The van der Waals surface area contributed by atoms with E-state index >= 15 is 0 Å². The van der Waals surface area contributed by atoms with Gasteiger partial charge in [0.05, 0.1) is 19.6 Å². The second-order valence-electron chi connectivity index (χ2n) is 5.74. The van der Waals surface area contributed by atoms with Gasteiger partial charge < -0.3 is 14.4 Å². The van der Waals surface area contributed by atoms with E-state index in [0.29, 0.717) is 26.0 Å². The number of benzene rings is 1. The summed E-state index contributed by atoms with van der Waals surface area (Å²) < 4.78 is 10.4. The molecule has 5 nitrogen and oxygen atoms in total. The number of para-hydroxylation sites is 1. The molecule has 0 saturated carbocycles. The molecule has 1 atom stereocenters. The number of hydrogen-bond donors (Lipinski definition) is 0. The first-order chi connectivity index (χ1) is 11.2. The van der Waals surface area contributed by atoms with E-state index in [4.69, 9.17) is 9.47 Å². The number of hydrogen-bond acceptors (Lipinski definition) is 4. The lowest BCUT2D eigenvalue weighted by Gasteiger charge is -2.31. The molecule has 126 valence electrons. The number of esters is 1. The van der Waals surface area contributed by atoms with Crippen LogP contribution in [0.15, 0.2) is 24.3 Å². The average Bonchev–Trinajstić information content (AvgIpc) is 2.60. The molecule has 1 aliphatic heterocycles. The standard InChI is InChI=1S/C18H25NO4/c1-3-23-18(21)15-8-6-12-19(13-15)17(20)11-10-14-7-4-5-9-16(14)22-2/h4-5,7,9,15H,3,6,8,10-13H2,1-2H3/t15-/m1/s1. The van der Waals surface area contributed by atoms with Crippen molar-refractivity contribution in [1.29, 1.82) is 0 Å². The van der Waals surface area contributed by atoms with E-state index in [0.717, 1.165) is 30.7 Å². The highest BCUT2D eigenvalue weighted by molar-refractivity contribution is 5.78. The van der Waals surface area contributed by atoms with Crippen LogP contribution in [0.5, 0.6) is 5.75 Å². The first kappa shape index (κ1) is 17.3. The summed E-state index contributed by atoms with van der Waals surface area (Å²) in [6, 6.07) is 7.74. The van der Waals surface area contributed by atoms with Crippen LogP contribution in [0, 0.1) is 5.92 Å². The van der Waals surface area contributed by atoms with E-state index < -0.39 is 0 Å². The van der Waals surface area contributed by atoms with Crippen molar-refractivity contribution in [2.75, 3.05) is 26.8 Å². The lowest BCUT2D eigenvalue weighted by Crippen LogP contribution is -2.42. The van der Waals surface area contributed by atoms with Crippen molar-refractivity contribution in [3.63, 3.8) is 0 Å². The van der Waals surface area contributed by atoms with Crippen LogP contribution in [0.1, 0.15) is 31.7 Å². The largest absolute Gasteiger partial charge is 0.496 e. The number of carbonyl (C=O) groups is 2. The first-order valence-corrected chi connectivity index (χ1v) is 8.22. The number of likely N-dealkylation sites (tertiary alicyclic amines) is 1. The Morgan fingerprint density at radius 3 is 2.83 bits per heavy atom. The molecule has 2 rings (SSSR count). The molecule has 1 aromatic carbocycles. The molecule has 1 saturated heterocycles. The average molecular weight is 319 g/mol. The van der Waals surface area contributed by atoms with Gasteiger partial charge in [0.25, 0.3) is 0 Å². The maximum atomic E-state index is 12.4. The molecule has 0 unspecified atom stereocenters. The molecule has 1 aliphatic rings. The molecule has 0 N–H and O–H groups in total. The minimum absolute atomic E-state index is 0.0879. The van der Waals surface area contributed by atoms with Crippen LogP contribution >= 0.6 is 0 Å². The Kier molecular flexibility index (Phi) is 6.44. The van der Waals surface area contributed by atoms with Crippen molar-refractivity contribution < 1.29 is 19.1 Å². The summed E-state index contributed by atoms with van der Waals surface area (Å²) in [7, 11) is 1.63. The summed E-state index contributed by atoms with van der Waals surface area (Å²) in [6.07, 6.45) is 2.72. The maximum absolute atomic E-state index is 12.4. The Morgan fingerprint density at radius 1 is 1.30 bits per heavy atom. The Morgan fingerprint density at radius 2 is 2.09 bits per heavy atom. The second-order valence-corrected chi connectivity index (χ2v) is 5.74. The quantitative estimate of drug-likeness (QED) is 0.756. The van der Waals surface area contributed by atoms with Gasteiger partial charge in [0, 0.05) is 19.5 Å². The third kappa shape index (κ3) is 4.71. The van der Waals surface area contributed by atoms with Gasteiger partial charge in [-0.3, -0.25) is 9.59 Å². The van der Waals surface area contributed by atoms with Gasteiger partial charge in [0.2, 0.25) is 5.91 Å². The minimum Gasteiger partial charge on any atom is -0.496 e. The van der Waals surface area contributed by atoms with Crippen LogP contribution < -0.4 is 4.74 Å². The first-order valence-electron chi connectivity index (χ1n) is 8.22. The van der Waals surface area contributed by atoms with Crippen LogP contribution in [0.2, 0.25) is 0 Å². The van der Waals surface area contributed by atoms with Crippen LogP contribution in [0.3, 0.4) is 0 Å². The molecule has 0 spiro atoms. The van der Waals surface area contributed by atoms with Crippen molar-refractivity contribution >= 4 is 11.9 Å². The highest BCUT2D eigenvalue weighted by atomic mass is 16.5. The lowest BCUT2D eigenvalue weighted by molar-refractivity contribution is -0.151. The molecule has 23 heavy (non-hydrogen) atoms. The molecule has 0 radical (unpaired) electrons. The van der Waals surface area contributed by atoms with E-state index in [-0.39, 0.29) is 17.8 Å². The summed E-state index contributed by atoms with van der Waals surface area (Å²) in [4.78, 5) is 26.1. The monoisotopic (exact) mass is 319 g/mol. The third-order valence-electron chi connectivity index (χ3n) is 4.19. The third-order valence-corrected chi connectivity index (χ3v) is 4.19. The van der Waals surface area contributed by atoms with Crippen molar-refractivity contribution in [2.45, 2.75) is 32.6 Å². The zero-order valence-corrected chi connectivity index (χ0v) is 13.9. The second kappa shape index (κ2) is 8.56. The number of ether oxygens (including phenoxy) is 2. The van der Waals surface area contributed by atoms with Crippen LogP contribution in [0.25, 0.3) is 0 Å². The number of rotatable bonds is 6. The van der Waals surface area contributed by atoms with Gasteiger partial charge in [-0.05, 0) is 37.8 Å². The van der Waals surface area contributed by atoms with Crippen molar-refractivity contribution in [2.24, 2.45) is 5.92 Å². The smallest absolute Gasteiger partial charge is 0.310 e. The van der Waals surface area contributed by atoms with Crippen LogP contribution in [-0.4, -0.2) is 43.6 Å². The Balaban J connectivity index is 1.89. The Hall–Kier alpha value is -2.04. The van der Waals surface area contributed by atoms with Crippen LogP contribution in [0.4, 0.5) is 0 Å². The fraction of sp³-hybridized carbons (Fsp3) is 0.556. The predicted molar refractivity (Wildman–Crippen MR) is 87.3 cm³/mol. The number of nitrogens with zero attached hydrogens (tertiary/aromatic N) is 1. The highest BCUT2D eigenvalue weighted by Gasteiger charge is 2.29. The maximum Gasteiger partial charge on any atom is 0.310 e. The fourth-order valence-corrected chi connectivity index (χ4v) is 2.97. The van der Waals surface area contributed by atoms with E-state index in [1.54, 1.807) is 18.9 Å². The van der Waals surface area contributed by atoms with Gasteiger partial charge >= 0.3 is 5.97 Å². The van der Waals surface area contributed by atoms with E-state index in [2.05, 4.69) is 0 Å². The minimum atomic E-state index is -0.185. The number of carbonyl (C=O) groups excluding carboxylic acids is 2. The van der Waals surface area contributed by atoms with Gasteiger partial charge in [-0.25, -0.2) is 0 Å². The summed E-state index contributed by atoms with van der Waals surface area (Å²) >= 11 is 0. The van der Waals surface area contributed by atoms with Gasteiger partial charge in [-0.2, -0.15) is 0 Å². The van der Waals surface area contributed by atoms with Crippen molar-refractivity contribution in [1.82, 2.24) is 4.90 Å². The molecule has 1 heterocycles. The van der Waals surface area contributed by atoms with Gasteiger partial charge in [-0.15, -0.1) is 0 Å². The zero-order chi connectivity index (χ0) is 16.7. The SMILES string of the molecule is CCOC(=O)[C@@H]1CCCN(C(=O)CCc2ccccc2OC)C1. The lowest BCUT2D eigenvalue weighted by atomic mass is 9.97. The topological polar surface area (TPSA) is 55.8 Å². The number of piperidine rings is 1. The molecule has 1 aromatic rings. The molecular formula is C18H25NO4. The van der Waals surface area contributed by atoms with Gasteiger partial charge in [0.1, 0.15) is 5.75 Å². The summed E-state index contributed by atoms with van der Waals surface area (Å²) in [5.74, 6) is 0.530. The molecule has 1 amide bonds. The summed E-state index contributed by atoms with van der Waals surface area (Å²) in [5.41, 5.74) is 1.03. The number of amides is 1. The molecular weight excluding hydrogens is 294 g/mol.